The predicted molar refractivity (Wildman–Crippen MR) is 121 cm³/mol. The highest BCUT2D eigenvalue weighted by Crippen LogP contribution is 2.45. The van der Waals surface area contributed by atoms with E-state index in [1.165, 1.54) is 22.9 Å². The summed E-state index contributed by atoms with van der Waals surface area (Å²) in [6.45, 7) is 19.2. The number of hydrogen-bond donors (Lipinski definition) is 0. The number of hydrogen-bond acceptors (Lipinski definition) is 4. The van der Waals surface area contributed by atoms with Crippen molar-refractivity contribution in [1.82, 2.24) is 0 Å². The molecule has 0 aromatic rings. The maximum Gasteiger partial charge on any atom is 0.494 e. The summed E-state index contributed by atoms with van der Waals surface area (Å²) in [5.41, 5.74) is 2.27. The molecule has 29 heavy (non-hydrogen) atoms. The standard InChI is InChI=1S/C23H40B2O4/c1-10-11-16-18(24-26-20(2,3)21(4,5)27-24)19(17-14-12-13-15-17)25-28-22(6,7)23(8,9)29-25/h14H,10-13,15-16H2,1-9H3/b19-18+. The van der Waals surface area contributed by atoms with E-state index in [4.69, 9.17) is 18.6 Å². The minimum atomic E-state index is -0.379. The van der Waals surface area contributed by atoms with Crippen LogP contribution in [0.1, 0.15) is 101 Å². The van der Waals surface area contributed by atoms with Gasteiger partial charge in [-0.1, -0.05) is 31.4 Å². The third kappa shape index (κ3) is 4.28. The number of rotatable bonds is 6. The van der Waals surface area contributed by atoms with Gasteiger partial charge in [-0.3, -0.25) is 0 Å². The van der Waals surface area contributed by atoms with Gasteiger partial charge in [-0.25, -0.2) is 0 Å². The molecule has 4 nitrogen and oxygen atoms in total. The molecule has 6 heteroatoms. The second-order valence-electron chi connectivity index (χ2n) is 10.8. The fourth-order valence-electron chi connectivity index (χ4n) is 4.12. The molecule has 162 valence electrons. The Hall–Kier alpha value is -0.550. The fraction of sp³-hybridized carbons (Fsp3) is 0.826. The Kier molecular flexibility index (Phi) is 6.26. The Morgan fingerprint density at radius 1 is 0.828 bits per heavy atom. The van der Waals surface area contributed by atoms with Crippen LogP contribution in [0.4, 0.5) is 0 Å². The Morgan fingerprint density at radius 3 is 1.72 bits per heavy atom. The first kappa shape index (κ1) is 23.1. The van der Waals surface area contributed by atoms with Gasteiger partial charge in [0.2, 0.25) is 0 Å². The second kappa shape index (κ2) is 7.85. The first-order valence-electron chi connectivity index (χ1n) is 11.4. The third-order valence-corrected chi connectivity index (χ3v) is 7.56. The normalized spacial score (nSPS) is 28.0. The summed E-state index contributed by atoms with van der Waals surface area (Å²) in [5.74, 6) is 0. The van der Waals surface area contributed by atoms with Crippen molar-refractivity contribution in [2.75, 3.05) is 0 Å². The summed E-state index contributed by atoms with van der Waals surface area (Å²) in [6, 6.07) is 0. The van der Waals surface area contributed by atoms with Crippen LogP contribution in [0, 0.1) is 0 Å². The molecule has 0 saturated carbocycles. The molecule has 0 atom stereocenters. The smallest absolute Gasteiger partial charge is 0.400 e. The summed E-state index contributed by atoms with van der Waals surface area (Å²) < 4.78 is 26.1. The van der Waals surface area contributed by atoms with Gasteiger partial charge in [-0.05, 0) is 92.0 Å². The van der Waals surface area contributed by atoms with Crippen LogP contribution in [0.3, 0.4) is 0 Å². The molecule has 2 fully saturated rings. The molecule has 0 spiro atoms. The van der Waals surface area contributed by atoms with E-state index in [2.05, 4.69) is 68.4 Å². The molecular weight excluding hydrogens is 362 g/mol. The van der Waals surface area contributed by atoms with E-state index >= 15 is 0 Å². The van der Waals surface area contributed by atoms with Gasteiger partial charge >= 0.3 is 14.2 Å². The predicted octanol–water partition coefficient (Wildman–Crippen LogP) is 5.85. The van der Waals surface area contributed by atoms with Crippen molar-refractivity contribution < 1.29 is 18.6 Å². The van der Waals surface area contributed by atoms with Crippen LogP contribution < -0.4 is 0 Å². The Balaban J connectivity index is 2.07. The van der Waals surface area contributed by atoms with E-state index < -0.39 is 0 Å². The largest absolute Gasteiger partial charge is 0.494 e. The number of unbranched alkanes of at least 4 members (excludes halogenated alkanes) is 1. The van der Waals surface area contributed by atoms with E-state index in [9.17, 15) is 0 Å². The zero-order valence-corrected chi connectivity index (χ0v) is 20.1. The molecule has 3 aliphatic rings. The molecule has 0 aromatic heterocycles. The SMILES string of the molecule is CCCC/C(B1OC(C)(C)C(C)(C)O1)=C(\B1OC(C)(C)C(C)(C)O1)C1=CCCC1. The monoisotopic (exact) mass is 402 g/mol. The molecule has 3 rings (SSSR count). The molecular formula is C23H40B2O4. The maximum atomic E-state index is 6.53. The summed E-state index contributed by atoms with van der Waals surface area (Å²) in [5, 5.41) is 0. The van der Waals surface area contributed by atoms with E-state index in [1.54, 1.807) is 0 Å². The quantitative estimate of drug-likeness (QED) is 0.523. The first-order valence-corrected chi connectivity index (χ1v) is 11.4. The summed E-state index contributed by atoms with van der Waals surface area (Å²) in [4.78, 5) is 0. The molecule has 1 aliphatic carbocycles. The van der Waals surface area contributed by atoms with Gasteiger partial charge in [-0.2, -0.15) is 0 Å². The lowest BCUT2D eigenvalue weighted by Gasteiger charge is -2.32. The van der Waals surface area contributed by atoms with Crippen molar-refractivity contribution in [3.8, 4) is 0 Å². The van der Waals surface area contributed by atoms with Gasteiger partial charge in [0.15, 0.2) is 0 Å². The highest BCUT2D eigenvalue weighted by atomic mass is 16.7. The molecule has 2 aliphatic heterocycles. The lowest BCUT2D eigenvalue weighted by Crippen LogP contribution is -2.41. The van der Waals surface area contributed by atoms with Gasteiger partial charge in [0.25, 0.3) is 0 Å². The van der Waals surface area contributed by atoms with E-state index in [1.807, 2.05) is 0 Å². The zero-order chi connectivity index (χ0) is 21.7. The van der Waals surface area contributed by atoms with Crippen molar-refractivity contribution in [3.63, 3.8) is 0 Å². The minimum Gasteiger partial charge on any atom is -0.400 e. The van der Waals surface area contributed by atoms with Crippen LogP contribution >= 0.6 is 0 Å². The minimum absolute atomic E-state index is 0.359. The third-order valence-electron chi connectivity index (χ3n) is 7.56. The molecule has 2 saturated heterocycles. The average Bonchev–Trinajstić information content (AvgIpc) is 3.21. The van der Waals surface area contributed by atoms with Crippen molar-refractivity contribution in [1.29, 1.82) is 0 Å². The van der Waals surface area contributed by atoms with Gasteiger partial charge < -0.3 is 18.6 Å². The van der Waals surface area contributed by atoms with Crippen molar-refractivity contribution >= 4 is 14.2 Å². The summed E-state index contributed by atoms with van der Waals surface area (Å²) in [7, 11) is -0.739. The summed E-state index contributed by atoms with van der Waals surface area (Å²) >= 11 is 0. The summed E-state index contributed by atoms with van der Waals surface area (Å²) in [6.07, 6.45) is 8.87. The molecule has 2 heterocycles. The van der Waals surface area contributed by atoms with Crippen LogP contribution in [-0.2, 0) is 18.6 Å². The van der Waals surface area contributed by atoms with Crippen LogP contribution in [0.15, 0.2) is 22.6 Å². The Bertz CT molecular complexity index is 659. The highest BCUT2D eigenvalue weighted by molar-refractivity contribution is 6.63. The van der Waals surface area contributed by atoms with Crippen LogP contribution in [0.5, 0.6) is 0 Å². The van der Waals surface area contributed by atoms with Gasteiger partial charge in [0, 0.05) is 0 Å². The van der Waals surface area contributed by atoms with Crippen LogP contribution in [0.2, 0.25) is 0 Å². The maximum absolute atomic E-state index is 6.53. The average molecular weight is 402 g/mol. The van der Waals surface area contributed by atoms with Gasteiger partial charge in [0.05, 0.1) is 22.4 Å². The lowest BCUT2D eigenvalue weighted by molar-refractivity contribution is 0.00578. The molecule has 0 radical (unpaired) electrons. The van der Waals surface area contributed by atoms with E-state index in [-0.39, 0.29) is 36.6 Å². The van der Waals surface area contributed by atoms with Gasteiger partial charge in [0.1, 0.15) is 0 Å². The van der Waals surface area contributed by atoms with E-state index in [0.717, 1.165) is 32.1 Å². The fourth-order valence-corrected chi connectivity index (χ4v) is 4.12. The van der Waals surface area contributed by atoms with Crippen molar-refractivity contribution in [2.24, 2.45) is 0 Å². The molecule has 0 amide bonds. The van der Waals surface area contributed by atoms with E-state index in [0.29, 0.717) is 0 Å². The zero-order valence-electron chi connectivity index (χ0n) is 20.1. The lowest BCUT2D eigenvalue weighted by atomic mass is 9.60. The first-order chi connectivity index (χ1) is 13.3. The Morgan fingerprint density at radius 2 is 1.31 bits per heavy atom. The highest BCUT2D eigenvalue weighted by Gasteiger charge is 2.57. The molecule has 0 N–H and O–H groups in total. The van der Waals surface area contributed by atoms with Crippen LogP contribution in [-0.4, -0.2) is 36.6 Å². The molecule has 0 aromatic carbocycles. The second-order valence-corrected chi connectivity index (χ2v) is 10.8. The molecule has 0 bridgehead atoms. The Labute approximate surface area is 179 Å². The van der Waals surface area contributed by atoms with Crippen molar-refractivity contribution in [2.45, 2.75) is 123 Å². The number of allylic oxidation sites excluding steroid dienone is 4. The van der Waals surface area contributed by atoms with Gasteiger partial charge in [-0.15, -0.1) is 0 Å². The topological polar surface area (TPSA) is 36.9 Å². The molecule has 0 unspecified atom stereocenters. The van der Waals surface area contributed by atoms with Crippen LogP contribution in [0.25, 0.3) is 0 Å². The van der Waals surface area contributed by atoms with Crippen molar-refractivity contribution in [3.05, 3.63) is 22.6 Å².